The van der Waals surface area contributed by atoms with Gasteiger partial charge in [-0.1, -0.05) is 107 Å². The molecule has 3 rings (SSSR count). The van der Waals surface area contributed by atoms with Crippen molar-refractivity contribution in [2.24, 2.45) is 0 Å². The summed E-state index contributed by atoms with van der Waals surface area (Å²) in [5.74, 6) is 0. The zero-order valence-corrected chi connectivity index (χ0v) is 23.7. The monoisotopic (exact) mass is 576 g/mol. The van der Waals surface area contributed by atoms with Crippen LogP contribution in [-0.2, 0) is 18.2 Å². The average molecular weight is 577 g/mol. The first kappa shape index (κ1) is 32.2. The van der Waals surface area contributed by atoms with Gasteiger partial charge in [-0.05, 0) is 65.9 Å². The van der Waals surface area contributed by atoms with Crippen molar-refractivity contribution in [3.05, 3.63) is 84.4 Å². The Hall–Kier alpha value is -1.98. The SMILES string of the molecule is CCCCCCCCCCCCc1ccc(-c2ccc([SH+]c3ccccc3)cc2)cc1.F[P-](F)(F)(F)(F)F. The van der Waals surface area contributed by atoms with E-state index in [0.717, 1.165) is 0 Å². The van der Waals surface area contributed by atoms with E-state index in [4.69, 9.17) is 0 Å². The van der Waals surface area contributed by atoms with Crippen molar-refractivity contribution in [2.75, 3.05) is 0 Å². The summed E-state index contributed by atoms with van der Waals surface area (Å²) in [6.45, 7) is 2.29. The fourth-order valence-electron chi connectivity index (χ4n) is 4.06. The molecule has 38 heavy (non-hydrogen) atoms. The molecule has 3 aromatic carbocycles. The zero-order chi connectivity index (χ0) is 28.0. The van der Waals surface area contributed by atoms with Crippen LogP contribution >= 0.6 is 7.81 Å². The first-order valence-corrected chi connectivity index (χ1v) is 16.2. The van der Waals surface area contributed by atoms with Crippen molar-refractivity contribution < 1.29 is 25.2 Å². The molecule has 0 aliphatic heterocycles. The van der Waals surface area contributed by atoms with E-state index in [2.05, 4.69) is 85.8 Å². The molecular weight excluding hydrogens is 537 g/mol. The molecule has 0 heterocycles. The third kappa shape index (κ3) is 17.5. The molecule has 0 aliphatic rings. The molecule has 0 atom stereocenters. The number of halogens is 6. The third-order valence-corrected chi connectivity index (χ3v) is 7.10. The van der Waals surface area contributed by atoms with E-state index in [1.165, 1.54) is 109 Å². The second-order valence-corrected chi connectivity index (χ2v) is 12.8. The van der Waals surface area contributed by atoms with Crippen molar-refractivity contribution in [1.82, 2.24) is 0 Å². The van der Waals surface area contributed by atoms with Crippen LogP contribution in [-0.4, -0.2) is 0 Å². The summed E-state index contributed by atoms with van der Waals surface area (Å²) in [6, 6.07) is 28.9. The van der Waals surface area contributed by atoms with Crippen LogP contribution in [0.5, 0.6) is 0 Å². The van der Waals surface area contributed by atoms with Gasteiger partial charge in [0.1, 0.15) is 0 Å². The van der Waals surface area contributed by atoms with Gasteiger partial charge in [0.15, 0.2) is 9.79 Å². The van der Waals surface area contributed by atoms with Crippen LogP contribution in [0.25, 0.3) is 11.1 Å². The van der Waals surface area contributed by atoms with Crippen molar-refractivity contribution in [3.63, 3.8) is 0 Å². The van der Waals surface area contributed by atoms with Crippen LogP contribution < -0.4 is 0 Å². The average Bonchev–Trinajstić information content (AvgIpc) is 2.85. The Bertz CT molecular complexity index is 1040. The number of thiol groups is 1. The Labute approximate surface area is 227 Å². The molecule has 0 nitrogen and oxygen atoms in total. The van der Waals surface area contributed by atoms with Gasteiger partial charge in [0.25, 0.3) is 0 Å². The van der Waals surface area contributed by atoms with Gasteiger partial charge < -0.3 is 0 Å². The summed E-state index contributed by atoms with van der Waals surface area (Å²) in [6.07, 6.45) is 15.2. The second-order valence-electron chi connectivity index (χ2n) is 9.58. The van der Waals surface area contributed by atoms with E-state index >= 15 is 0 Å². The molecule has 3 aromatic rings. The summed E-state index contributed by atoms with van der Waals surface area (Å²) in [5.41, 5.74) is 4.09. The maximum atomic E-state index is 9.87. The number of hydrogen-bond acceptors (Lipinski definition) is 0. The molecule has 0 aromatic heterocycles. The Morgan fingerprint density at radius 3 is 1.37 bits per heavy atom. The number of aryl methyl sites for hydroxylation is 1. The fraction of sp³-hybridized carbons (Fsp3) is 0.400. The van der Waals surface area contributed by atoms with Crippen LogP contribution in [0.3, 0.4) is 0 Å². The third-order valence-electron chi connectivity index (χ3n) is 5.99. The molecule has 0 aliphatic carbocycles. The maximum absolute atomic E-state index is 10.7. The van der Waals surface area contributed by atoms with Gasteiger partial charge in [0, 0.05) is 11.8 Å². The molecule has 0 saturated carbocycles. The van der Waals surface area contributed by atoms with Gasteiger partial charge in [0.05, 0.1) is 0 Å². The molecule has 212 valence electrons. The molecule has 0 unspecified atom stereocenters. The Kier molecular flexibility index (Phi) is 12.2. The van der Waals surface area contributed by atoms with Gasteiger partial charge >= 0.3 is 33.0 Å². The van der Waals surface area contributed by atoms with Crippen molar-refractivity contribution in [3.8, 4) is 11.1 Å². The number of hydrogen-bond donors (Lipinski definition) is 0. The molecule has 0 spiro atoms. The number of rotatable bonds is 14. The topological polar surface area (TPSA) is 0 Å². The summed E-state index contributed by atoms with van der Waals surface area (Å²) in [5, 5.41) is 0. The minimum atomic E-state index is -10.7. The molecule has 0 amide bonds. The summed E-state index contributed by atoms with van der Waals surface area (Å²) < 4.78 is 59.2. The quantitative estimate of drug-likeness (QED) is 0.0589. The first-order valence-electron chi connectivity index (χ1n) is 13.3. The molecule has 0 saturated heterocycles. The predicted molar refractivity (Wildman–Crippen MR) is 153 cm³/mol. The van der Waals surface area contributed by atoms with Crippen LogP contribution in [0.4, 0.5) is 25.2 Å². The molecular formula is C30H39F6PS. The standard InChI is InChI=1S/C30H38S.F6P/c1-2-3-4-5-6-7-8-9-10-12-15-26-18-20-27(21-19-26)28-22-24-30(25-23-28)31-29-16-13-11-14-17-29;1-7(2,3,4,5)6/h11,13-14,16-25H,2-10,12,15H2,1H3;/q;-1/p+1. The van der Waals surface area contributed by atoms with Gasteiger partial charge in [-0.3, -0.25) is 0 Å². The predicted octanol–water partition coefficient (Wildman–Crippen LogP) is 12.4. The molecule has 0 N–H and O–H groups in total. The second kappa shape index (κ2) is 14.4. The normalized spacial score (nSPS) is 13.2. The first-order chi connectivity index (χ1) is 17.8. The van der Waals surface area contributed by atoms with E-state index < -0.39 is 7.81 Å². The van der Waals surface area contributed by atoms with Crippen molar-refractivity contribution >= 4 is 19.6 Å². The van der Waals surface area contributed by atoms with Crippen molar-refractivity contribution in [1.29, 1.82) is 0 Å². The van der Waals surface area contributed by atoms with E-state index in [0.29, 0.717) is 0 Å². The molecule has 0 radical (unpaired) electrons. The van der Waals surface area contributed by atoms with Gasteiger partial charge in [0.2, 0.25) is 0 Å². The Morgan fingerprint density at radius 2 is 0.895 bits per heavy atom. The van der Waals surface area contributed by atoms with Crippen LogP contribution in [0.15, 0.2) is 88.7 Å². The van der Waals surface area contributed by atoms with Crippen LogP contribution in [0.2, 0.25) is 0 Å². The van der Waals surface area contributed by atoms with Gasteiger partial charge in [-0.15, -0.1) is 0 Å². The van der Waals surface area contributed by atoms with E-state index in [1.54, 1.807) is 0 Å². The van der Waals surface area contributed by atoms with Crippen LogP contribution in [0.1, 0.15) is 76.7 Å². The number of unbranched alkanes of at least 4 members (excludes halogenated alkanes) is 9. The summed E-state index contributed by atoms with van der Waals surface area (Å²) >= 11 is 1.27. The van der Waals surface area contributed by atoms with E-state index in [9.17, 15) is 25.2 Å². The minimum absolute atomic E-state index is 1.21. The summed E-state index contributed by atoms with van der Waals surface area (Å²) in [7, 11) is -10.7. The number of benzene rings is 3. The zero-order valence-electron chi connectivity index (χ0n) is 21.9. The van der Waals surface area contributed by atoms with E-state index in [-0.39, 0.29) is 0 Å². The molecule has 0 fully saturated rings. The Morgan fingerprint density at radius 1 is 0.500 bits per heavy atom. The van der Waals surface area contributed by atoms with E-state index in [1.807, 2.05) is 0 Å². The van der Waals surface area contributed by atoms with Gasteiger partial charge in [-0.25, -0.2) is 0 Å². The fourth-order valence-corrected chi connectivity index (χ4v) is 4.98. The van der Waals surface area contributed by atoms with Gasteiger partial charge in [-0.2, -0.15) is 0 Å². The molecule has 8 heteroatoms. The summed E-state index contributed by atoms with van der Waals surface area (Å²) in [4.78, 5) is 2.68. The van der Waals surface area contributed by atoms with Crippen LogP contribution in [0, 0.1) is 0 Å². The van der Waals surface area contributed by atoms with Crippen molar-refractivity contribution in [2.45, 2.75) is 87.3 Å². The Balaban J connectivity index is 0.000000638. The molecule has 0 bridgehead atoms.